The van der Waals surface area contributed by atoms with Crippen LogP contribution in [0.5, 0.6) is 11.5 Å². The first-order valence-corrected chi connectivity index (χ1v) is 10.6. The van der Waals surface area contributed by atoms with Gasteiger partial charge >= 0.3 is 10.1 Å². The van der Waals surface area contributed by atoms with Crippen LogP contribution in [0.2, 0.25) is 0 Å². The minimum atomic E-state index is -4.01. The lowest BCUT2D eigenvalue weighted by Crippen LogP contribution is -2.38. The Kier molecular flexibility index (Phi) is 5.09. The first-order chi connectivity index (χ1) is 14.4. The molecule has 30 heavy (non-hydrogen) atoms. The lowest BCUT2D eigenvalue weighted by Gasteiger charge is -2.28. The second-order valence-corrected chi connectivity index (χ2v) is 8.40. The van der Waals surface area contributed by atoms with E-state index in [0.29, 0.717) is 16.8 Å². The third kappa shape index (κ3) is 3.81. The van der Waals surface area contributed by atoms with Crippen LogP contribution in [0.3, 0.4) is 0 Å². The van der Waals surface area contributed by atoms with Crippen LogP contribution in [0.1, 0.15) is 27.7 Å². The van der Waals surface area contributed by atoms with E-state index in [1.807, 2.05) is 19.1 Å². The molecule has 1 heterocycles. The lowest BCUT2D eigenvalue weighted by atomic mass is 10.1. The number of hydrogen-bond acceptors (Lipinski definition) is 6. The van der Waals surface area contributed by atoms with Gasteiger partial charge in [0.1, 0.15) is 11.1 Å². The second kappa shape index (κ2) is 7.72. The molecule has 0 aromatic heterocycles. The number of anilines is 1. The molecule has 1 atom stereocenters. The maximum atomic E-state index is 12.6. The molecule has 0 unspecified atom stereocenters. The number of carbonyl (C=O) groups is 1. The van der Waals surface area contributed by atoms with Crippen molar-refractivity contribution >= 4 is 21.7 Å². The zero-order valence-corrected chi connectivity index (χ0v) is 17.2. The summed E-state index contributed by atoms with van der Waals surface area (Å²) in [5, 5.41) is 6.12. The SMILES string of the molecule is COc1cc([C@H]2NC(=O)c3ccccc3N2)ccc1OS(=O)(=O)c1ccc(C)cc1. The molecule has 0 bridgehead atoms. The van der Waals surface area contributed by atoms with Crippen LogP contribution in [0.25, 0.3) is 0 Å². The minimum absolute atomic E-state index is 0.0528. The van der Waals surface area contributed by atoms with Crippen molar-refractivity contribution in [2.75, 3.05) is 12.4 Å². The molecule has 2 N–H and O–H groups in total. The predicted molar refractivity (Wildman–Crippen MR) is 112 cm³/mol. The molecule has 0 radical (unpaired) electrons. The Morgan fingerprint density at radius 1 is 0.900 bits per heavy atom. The van der Waals surface area contributed by atoms with Crippen molar-refractivity contribution in [1.29, 1.82) is 0 Å². The van der Waals surface area contributed by atoms with Crippen molar-refractivity contribution in [3.63, 3.8) is 0 Å². The average Bonchev–Trinajstić information content (AvgIpc) is 2.74. The van der Waals surface area contributed by atoms with E-state index in [0.717, 1.165) is 5.56 Å². The van der Waals surface area contributed by atoms with E-state index in [1.54, 1.807) is 36.4 Å². The van der Waals surface area contributed by atoms with Crippen molar-refractivity contribution in [2.45, 2.75) is 18.0 Å². The van der Waals surface area contributed by atoms with Crippen LogP contribution in [0.4, 0.5) is 5.69 Å². The molecule has 1 aliphatic rings. The van der Waals surface area contributed by atoms with Gasteiger partial charge in [0.25, 0.3) is 5.91 Å². The van der Waals surface area contributed by atoms with Crippen molar-refractivity contribution in [2.24, 2.45) is 0 Å². The first kappa shape index (κ1) is 19.8. The molecule has 1 aliphatic heterocycles. The van der Waals surface area contributed by atoms with Crippen LogP contribution in [0, 0.1) is 6.92 Å². The Hall–Kier alpha value is -3.52. The molecular formula is C22H20N2O5S. The summed E-state index contributed by atoms with van der Waals surface area (Å²) in [4.78, 5) is 12.4. The number of aryl methyl sites for hydroxylation is 1. The highest BCUT2D eigenvalue weighted by atomic mass is 32.2. The standard InChI is InChI=1S/C22H20N2O5S/c1-14-7-10-16(11-8-14)30(26,27)29-19-12-9-15(13-20(19)28-2)21-23-18-6-4-3-5-17(18)22(25)24-21/h3-13,21,23H,1-2H3,(H,24,25)/t21-/m1/s1. The monoisotopic (exact) mass is 424 g/mol. The third-order valence-electron chi connectivity index (χ3n) is 4.78. The number of fused-ring (bicyclic) bond motifs is 1. The zero-order valence-electron chi connectivity index (χ0n) is 16.4. The molecule has 0 aliphatic carbocycles. The van der Waals surface area contributed by atoms with E-state index in [-0.39, 0.29) is 22.3 Å². The van der Waals surface area contributed by atoms with Gasteiger partial charge in [0, 0.05) is 5.69 Å². The highest BCUT2D eigenvalue weighted by molar-refractivity contribution is 7.87. The predicted octanol–water partition coefficient (Wildman–Crippen LogP) is 3.63. The van der Waals surface area contributed by atoms with Crippen LogP contribution >= 0.6 is 0 Å². The number of rotatable bonds is 5. The fraction of sp³-hybridized carbons (Fsp3) is 0.136. The van der Waals surface area contributed by atoms with Gasteiger partial charge in [-0.2, -0.15) is 8.42 Å². The van der Waals surface area contributed by atoms with E-state index in [4.69, 9.17) is 8.92 Å². The van der Waals surface area contributed by atoms with Gasteiger partial charge in [0.05, 0.1) is 12.7 Å². The number of methoxy groups -OCH3 is 1. The summed E-state index contributed by atoms with van der Waals surface area (Å²) in [5.74, 6) is 0.0954. The van der Waals surface area contributed by atoms with Gasteiger partial charge in [-0.05, 0) is 48.9 Å². The van der Waals surface area contributed by atoms with Gasteiger partial charge < -0.3 is 19.6 Å². The normalized spacial score (nSPS) is 15.5. The smallest absolute Gasteiger partial charge is 0.339 e. The molecule has 154 valence electrons. The maximum absolute atomic E-state index is 12.6. The van der Waals surface area contributed by atoms with E-state index in [9.17, 15) is 13.2 Å². The van der Waals surface area contributed by atoms with Gasteiger partial charge in [-0.1, -0.05) is 35.9 Å². The topological polar surface area (TPSA) is 93.7 Å². The van der Waals surface area contributed by atoms with Gasteiger partial charge in [-0.3, -0.25) is 4.79 Å². The van der Waals surface area contributed by atoms with Crippen molar-refractivity contribution in [3.05, 3.63) is 83.4 Å². The molecule has 3 aromatic rings. The fourth-order valence-corrected chi connectivity index (χ4v) is 4.12. The molecule has 0 spiro atoms. The van der Waals surface area contributed by atoms with Gasteiger partial charge in [0.15, 0.2) is 11.5 Å². The summed E-state index contributed by atoms with van der Waals surface area (Å²) in [7, 11) is -2.59. The van der Waals surface area contributed by atoms with Crippen LogP contribution in [0.15, 0.2) is 71.6 Å². The van der Waals surface area contributed by atoms with Crippen molar-refractivity contribution in [1.82, 2.24) is 5.32 Å². The Morgan fingerprint density at radius 2 is 1.63 bits per heavy atom. The highest BCUT2D eigenvalue weighted by Gasteiger charge is 2.26. The van der Waals surface area contributed by atoms with E-state index in [1.165, 1.54) is 25.3 Å². The average molecular weight is 424 g/mol. The quantitative estimate of drug-likeness (QED) is 0.608. The summed E-state index contributed by atoms with van der Waals surface area (Å²) < 4.78 is 35.9. The summed E-state index contributed by atoms with van der Waals surface area (Å²) in [5.41, 5.74) is 2.91. The lowest BCUT2D eigenvalue weighted by molar-refractivity contribution is 0.0935. The molecule has 3 aromatic carbocycles. The van der Waals surface area contributed by atoms with Gasteiger partial charge in [-0.25, -0.2) is 0 Å². The molecule has 8 heteroatoms. The molecular weight excluding hydrogens is 404 g/mol. The van der Waals surface area contributed by atoms with E-state index in [2.05, 4.69) is 10.6 Å². The number of benzene rings is 3. The Morgan fingerprint density at radius 3 is 2.37 bits per heavy atom. The Labute approximate surface area is 174 Å². The Balaban J connectivity index is 1.61. The largest absolute Gasteiger partial charge is 0.493 e. The molecule has 0 saturated heterocycles. The minimum Gasteiger partial charge on any atom is -0.493 e. The van der Waals surface area contributed by atoms with Crippen LogP contribution < -0.4 is 19.6 Å². The fourth-order valence-electron chi connectivity index (χ4n) is 3.18. The number of carbonyl (C=O) groups excluding carboxylic acids is 1. The summed E-state index contributed by atoms with van der Waals surface area (Å²) in [6.07, 6.45) is -0.496. The van der Waals surface area contributed by atoms with Crippen LogP contribution in [-0.2, 0) is 10.1 Å². The molecule has 0 fully saturated rings. The van der Waals surface area contributed by atoms with Crippen LogP contribution in [-0.4, -0.2) is 21.4 Å². The number of hydrogen-bond donors (Lipinski definition) is 2. The molecule has 1 amide bonds. The summed E-state index contributed by atoms with van der Waals surface area (Å²) in [6, 6.07) is 18.4. The highest BCUT2D eigenvalue weighted by Crippen LogP contribution is 2.34. The van der Waals surface area contributed by atoms with E-state index < -0.39 is 16.3 Å². The number of ether oxygens (including phenoxy) is 1. The number of nitrogens with one attached hydrogen (secondary N) is 2. The van der Waals surface area contributed by atoms with E-state index >= 15 is 0 Å². The summed E-state index contributed by atoms with van der Waals surface area (Å²) in [6.45, 7) is 1.87. The zero-order chi connectivity index (χ0) is 21.3. The molecule has 0 saturated carbocycles. The molecule has 4 rings (SSSR count). The van der Waals surface area contributed by atoms with Crippen molar-refractivity contribution in [3.8, 4) is 11.5 Å². The molecule has 7 nitrogen and oxygen atoms in total. The third-order valence-corrected chi connectivity index (χ3v) is 6.03. The number of para-hydroxylation sites is 1. The van der Waals surface area contributed by atoms with Crippen molar-refractivity contribution < 1.29 is 22.1 Å². The van der Waals surface area contributed by atoms with Gasteiger partial charge in [0.2, 0.25) is 0 Å². The maximum Gasteiger partial charge on any atom is 0.339 e. The summed E-state index contributed by atoms with van der Waals surface area (Å²) >= 11 is 0. The number of amides is 1. The second-order valence-electron chi connectivity index (χ2n) is 6.86. The Bertz CT molecular complexity index is 1210. The van der Waals surface area contributed by atoms with Gasteiger partial charge in [-0.15, -0.1) is 0 Å². The first-order valence-electron chi connectivity index (χ1n) is 9.23.